The number of phenols is 2. The lowest BCUT2D eigenvalue weighted by Gasteiger charge is -2.03. The molecule has 0 aromatic heterocycles. The van der Waals surface area contributed by atoms with Crippen LogP contribution >= 0.6 is 11.6 Å². The second-order valence-corrected chi connectivity index (χ2v) is 4.77. The molecule has 9 heteroatoms. The first-order valence-electron chi connectivity index (χ1n) is 6.18. The molecule has 2 aromatic rings. The largest absolute Gasteiger partial charge is 0.508 e. The molecule has 2 aromatic carbocycles. The number of nitro benzene ring substituents is 1. The number of hydrogen-bond donors (Lipinski definition) is 3. The van der Waals surface area contributed by atoms with Crippen molar-refractivity contribution in [2.75, 3.05) is 0 Å². The van der Waals surface area contributed by atoms with Gasteiger partial charge in [0.05, 0.1) is 16.7 Å². The van der Waals surface area contributed by atoms with Crippen LogP contribution in [0.25, 0.3) is 0 Å². The number of aromatic hydroxyl groups is 2. The Bertz CT molecular complexity index is 807. The minimum Gasteiger partial charge on any atom is -0.508 e. The number of nitrogens with zero attached hydrogens (tertiary/aromatic N) is 2. The minimum absolute atomic E-state index is 0.0925. The molecule has 0 bridgehead atoms. The van der Waals surface area contributed by atoms with Gasteiger partial charge in [0.1, 0.15) is 11.5 Å². The van der Waals surface area contributed by atoms with Crippen LogP contribution in [0.1, 0.15) is 15.9 Å². The van der Waals surface area contributed by atoms with E-state index in [9.17, 15) is 20.0 Å². The zero-order valence-electron chi connectivity index (χ0n) is 11.4. The number of phenolic OH excluding ortho intramolecular Hbond substituents is 2. The molecule has 1 amide bonds. The Hall–Kier alpha value is -3.13. The number of amides is 1. The number of halogens is 1. The molecular weight excluding hydrogens is 326 g/mol. The van der Waals surface area contributed by atoms with Crippen molar-refractivity contribution in [2.24, 2.45) is 5.10 Å². The molecule has 2 rings (SSSR count). The zero-order valence-corrected chi connectivity index (χ0v) is 12.2. The fraction of sp³-hybridized carbons (Fsp3) is 0. The first kappa shape index (κ1) is 16.2. The van der Waals surface area contributed by atoms with Crippen LogP contribution in [0.2, 0.25) is 5.02 Å². The molecular formula is C14H10ClN3O5. The molecule has 8 nitrogen and oxygen atoms in total. The van der Waals surface area contributed by atoms with Gasteiger partial charge in [0.15, 0.2) is 0 Å². The standard InChI is InChI=1S/C14H10ClN3O5/c15-12-4-1-9(18(22)23)5-8(12)7-16-17-14(21)11-3-2-10(19)6-13(11)20/h1-7,19-20H,(H,17,21)/b16-7-. The molecule has 0 saturated carbocycles. The van der Waals surface area contributed by atoms with Crippen LogP contribution in [0.3, 0.4) is 0 Å². The molecule has 0 aliphatic carbocycles. The molecule has 0 atom stereocenters. The van der Waals surface area contributed by atoms with E-state index in [-0.39, 0.29) is 27.6 Å². The van der Waals surface area contributed by atoms with Crippen molar-refractivity contribution in [3.8, 4) is 11.5 Å². The number of hydrogen-bond acceptors (Lipinski definition) is 6. The third kappa shape index (κ3) is 3.95. The highest BCUT2D eigenvalue weighted by molar-refractivity contribution is 6.33. The average Bonchev–Trinajstić information content (AvgIpc) is 2.48. The Kier molecular flexibility index (Phi) is 4.77. The molecule has 0 heterocycles. The summed E-state index contributed by atoms with van der Waals surface area (Å²) in [6.07, 6.45) is 1.14. The van der Waals surface area contributed by atoms with Gasteiger partial charge in [-0.3, -0.25) is 14.9 Å². The number of nitro groups is 1. The van der Waals surface area contributed by atoms with Crippen molar-refractivity contribution in [3.05, 3.63) is 62.7 Å². The lowest BCUT2D eigenvalue weighted by atomic mass is 10.2. The van der Waals surface area contributed by atoms with E-state index in [1.54, 1.807) is 0 Å². The highest BCUT2D eigenvalue weighted by Gasteiger charge is 2.11. The van der Waals surface area contributed by atoms with Crippen molar-refractivity contribution >= 4 is 29.4 Å². The Morgan fingerprint density at radius 3 is 2.65 bits per heavy atom. The number of carbonyl (C=O) groups excluding carboxylic acids is 1. The summed E-state index contributed by atoms with van der Waals surface area (Å²) < 4.78 is 0. The van der Waals surface area contributed by atoms with E-state index in [1.165, 1.54) is 30.3 Å². The third-order valence-corrected chi connectivity index (χ3v) is 3.13. The predicted octanol–water partition coefficient (Wildman–Crippen LogP) is 2.42. The molecule has 0 spiro atoms. The number of benzene rings is 2. The monoisotopic (exact) mass is 335 g/mol. The summed E-state index contributed by atoms with van der Waals surface area (Å²) in [5.74, 6) is -1.32. The van der Waals surface area contributed by atoms with Gasteiger partial charge >= 0.3 is 0 Å². The van der Waals surface area contributed by atoms with E-state index in [0.29, 0.717) is 0 Å². The average molecular weight is 336 g/mol. The van der Waals surface area contributed by atoms with Gasteiger partial charge in [0, 0.05) is 28.8 Å². The van der Waals surface area contributed by atoms with Gasteiger partial charge in [-0.2, -0.15) is 5.10 Å². The first-order valence-corrected chi connectivity index (χ1v) is 6.55. The number of carbonyl (C=O) groups is 1. The van der Waals surface area contributed by atoms with E-state index in [1.807, 2.05) is 0 Å². The van der Waals surface area contributed by atoms with Crippen molar-refractivity contribution in [1.29, 1.82) is 0 Å². The fourth-order valence-corrected chi connectivity index (χ4v) is 1.84. The van der Waals surface area contributed by atoms with Crippen LogP contribution in [0.4, 0.5) is 5.69 Å². The topological polar surface area (TPSA) is 125 Å². The first-order chi connectivity index (χ1) is 10.9. The smallest absolute Gasteiger partial charge is 0.275 e. The maximum Gasteiger partial charge on any atom is 0.275 e. The van der Waals surface area contributed by atoms with Gasteiger partial charge in [-0.15, -0.1) is 0 Å². The van der Waals surface area contributed by atoms with E-state index in [4.69, 9.17) is 16.7 Å². The van der Waals surface area contributed by atoms with E-state index in [2.05, 4.69) is 10.5 Å². The van der Waals surface area contributed by atoms with Crippen LogP contribution in [-0.4, -0.2) is 27.3 Å². The number of rotatable bonds is 4. The minimum atomic E-state index is -0.722. The number of nitrogens with one attached hydrogen (secondary N) is 1. The fourth-order valence-electron chi connectivity index (χ4n) is 1.68. The molecule has 0 radical (unpaired) electrons. The zero-order chi connectivity index (χ0) is 17.0. The lowest BCUT2D eigenvalue weighted by Crippen LogP contribution is -2.17. The second-order valence-electron chi connectivity index (χ2n) is 4.36. The molecule has 0 saturated heterocycles. The Morgan fingerprint density at radius 1 is 1.26 bits per heavy atom. The number of non-ortho nitro benzene ring substituents is 1. The van der Waals surface area contributed by atoms with Crippen LogP contribution in [0.15, 0.2) is 41.5 Å². The van der Waals surface area contributed by atoms with Crippen LogP contribution < -0.4 is 5.43 Å². The van der Waals surface area contributed by atoms with Crippen LogP contribution in [-0.2, 0) is 0 Å². The van der Waals surface area contributed by atoms with Gasteiger partial charge in [-0.1, -0.05) is 11.6 Å². The predicted molar refractivity (Wildman–Crippen MR) is 82.9 cm³/mol. The second kappa shape index (κ2) is 6.75. The molecule has 0 aliphatic heterocycles. The van der Waals surface area contributed by atoms with Crippen LogP contribution in [0, 0.1) is 10.1 Å². The normalized spacial score (nSPS) is 10.7. The maximum atomic E-state index is 11.8. The highest BCUT2D eigenvalue weighted by Crippen LogP contribution is 2.22. The van der Waals surface area contributed by atoms with Gasteiger partial charge in [-0.05, 0) is 18.2 Å². The van der Waals surface area contributed by atoms with Gasteiger partial charge < -0.3 is 10.2 Å². The third-order valence-electron chi connectivity index (χ3n) is 2.79. The maximum absolute atomic E-state index is 11.8. The SMILES string of the molecule is O=C(N/N=C\c1cc([N+](=O)[O-])ccc1Cl)c1ccc(O)cc1O. The van der Waals surface area contributed by atoms with Crippen molar-refractivity contribution in [1.82, 2.24) is 5.43 Å². The summed E-state index contributed by atoms with van der Waals surface area (Å²) in [5, 5.41) is 33.3. The molecule has 3 N–H and O–H groups in total. The van der Waals surface area contributed by atoms with Crippen LogP contribution in [0.5, 0.6) is 11.5 Å². The summed E-state index contributed by atoms with van der Waals surface area (Å²) >= 11 is 5.88. The van der Waals surface area contributed by atoms with E-state index >= 15 is 0 Å². The Morgan fingerprint density at radius 2 is 2.00 bits per heavy atom. The summed E-state index contributed by atoms with van der Waals surface area (Å²) in [6, 6.07) is 7.25. The molecule has 0 aliphatic rings. The van der Waals surface area contributed by atoms with Gasteiger partial charge in [-0.25, -0.2) is 5.43 Å². The lowest BCUT2D eigenvalue weighted by molar-refractivity contribution is -0.384. The Labute approximate surface area is 134 Å². The summed E-state index contributed by atoms with van der Waals surface area (Å²) in [6.45, 7) is 0. The summed E-state index contributed by atoms with van der Waals surface area (Å²) in [4.78, 5) is 21.9. The van der Waals surface area contributed by atoms with E-state index in [0.717, 1.165) is 12.3 Å². The quantitative estimate of drug-likeness (QED) is 0.449. The summed E-state index contributed by atoms with van der Waals surface area (Å²) in [5.41, 5.74) is 2.13. The Balaban J connectivity index is 2.14. The van der Waals surface area contributed by atoms with Gasteiger partial charge in [0.25, 0.3) is 11.6 Å². The van der Waals surface area contributed by atoms with Crippen molar-refractivity contribution in [3.63, 3.8) is 0 Å². The van der Waals surface area contributed by atoms with Gasteiger partial charge in [0.2, 0.25) is 0 Å². The van der Waals surface area contributed by atoms with E-state index < -0.39 is 16.6 Å². The number of hydrazone groups is 1. The molecule has 23 heavy (non-hydrogen) atoms. The van der Waals surface area contributed by atoms with Crippen molar-refractivity contribution < 1.29 is 19.9 Å². The molecule has 0 fully saturated rings. The molecule has 0 unspecified atom stereocenters. The highest BCUT2D eigenvalue weighted by atomic mass is 35.5. The van der Waals surface area contributed by atoms with Crippen molar-refractivity contribution in [2.45, 2.75) is 0 Å². The summed E-state index contributed by atoms with van der Waals surface area (Å²) in [7, 11) is 0. The molecule has 118 valence electrons.